The minimum Gasteiger partial charge on any atom is -0.365 e. The molecule has 0 aromatic heterocycles. The van der Waals surface area contributed by atoms with Crippen LogP contribution in [-0.4, -0.2) is 30.1 Å². The number of nitrogens with zero attached hydrogens (tertiary/aromatic N) is 1. The molecule has 1 aromatic rings. The van der Waals surface area contributed by atoms with Gasteiger partial charge < -0.3 is 15.0 Å². The maximum absolute atomic E-state index is 12.4. The number of anilines is 2. The maximum Gasteiger partial charge on any atom is 0.256 e. The van der Waals surface area contributed by atoms with Gasteiger partial charge in [0.1, 0.15) is 5.60 Å². The van der Waals surface area contributed by atoms with Crippen molar-refractivity contribution in [1.82, 2.24) is 0 Å². The molecule has 22 heavy (non-hydrogen) atoms. The highest BCUT2D eigenvalue weighted by Gasteiger charge is 2.38. The molecule has 2 aliphatic heterocycles. The van der Waals surface area contributed by atoms with Crippen LogP contribution in [0, 0.1) is 0 Å². The minimum atomic E-state index is -0.724. The highest BCUT2D eigenvalue weighted by Crippen LogP contribution is 2.34. The molecule has 118 valence electrons. The van der Waals surface area contributed by atoms with Crippen LogP contribution in [0.5, 0.6) is 0 Å². The van der Waals surface area contributed by atoms with Crippen molar-refractivity contribution < 1.29 is 14.3 Å². The fourth-order valence-electron chi connectivity index (χ4n) is 3.41. The van der Waals surface area contributed by atoms with E-state index in [4.69, 9.17) is 4.74 Å². The smallest absolute Gasteiger partial charge is 0.256 e. The van der Waals surface area contributed by atoms with Gasteiger partial charge in [-0.15, -0.1) is 0 Å². The molecule has 0 bridgehead atoms. The van der Waals surface area contributed by atoms with Crippen molar-refractivity contribution in [3.63, 3.8) is 0 Å². The fourth-order valence-corrected chi connectivity index (χ4v) is 3.41. The van der Waals surface area contributed by atoms with Gasteiger partial charge in [-0.1, -0.05) is 0 Å². The molecule has 1 saturated heterocycles. The van der Waals surface area contributed by atoms with Crippen LogP contribution in [0.15, 0.2) is 18.2 Å². The van der Waals surface area contributed by atoms with Gasteiger partial charge in [0.15, 0.2) is 0 Å². The van der Waals surface area contributed by atoms with Gasteiger partial charge in [-0.25, -0.2) is 0 Å². The summed E-state index contributed by atoms with van der Waals surface area (Å²) in [4.78, 5) is 25.9. The maximum atomic E-state index is 12.4. The number of nitrogens with one attached hydrogen (secondary N) is 1. The largest absolute Gasteiger partial charge is 0.365 e. The van der Waals surface area contributed by atoms with Crippen LogP contribution in [0.2, 0.25) is 0 Å². The second-order valence-corrected chi connectivity index (χ2v) is 6.42. The zero-order valence-corrected chi connectivity index (χ0v) is 13.3. The standard InChI is InChI=1S/C17H22N2O3/c1-11-9-13-10-14(5-6-15(13)19(11)12(2)20)18-16(21)17(3)7-4-8-22-17/h5-6,10-11H,4,7-9H2,1-3H3,(H,18,21)/t11-,17+/m1/s1. The van der Waals surface area contributed by atoms with Gasteiger partial charge in [-0.2, -0.15) is 0 Å². The summed E-state index contributed by atoms with van der Waals surface area (Å²) in [6, 6.07) is 5.89. The van der Waals surface area contributed by atoms with Crippen LogP contribution < -0.4 is 10.2 Å². The third kappa shape index (κ3) is 2.50. The number of carbonyl (C=O) groups is 2. The van der Waals surface area contributed by atoms with E-state index < -0.39 is 5.60 Å². The molecular weight excluding hydrogens is 280 g/mol. The summed E-state index contributed by atoms with van der Waals surface area (Å²) < 4.78 is 5.57. The number of benzene rings is 1. The summed E-state index contributed by atoms with van der Waals surface area (Å²) in [5.74, 6) is -0.0469. The van der Waals surface area contributed by atoms with Crippen LogP contribution in [0.25, 0.3) is 0 Å². The molecule has 1 N–H and O–H groups in total. The first kappa shape index (κ1) is 15.0. The minimum absolute atomic E-state index is 0.0508. The Morgan fingerprint density at radius 2 is 2.18 bits per heavy atom. The van der Waals surface area contributed by atoms with E-state index in [-0.39, 0.29) is 17.9 Å². The summed E-state index contributed by atoms with van der Waals surface area (Å²) in [7, 11) is 0. The van der Waals surface area contributed by atoms with Crippen molar-refractivity contribution in [1.29, 1.82) is 0 Å². The fraction of sp³-hybridized carbons (Fsp3) is 0.529. The molecule has 5 heteroatoms. The topological polar surface area (TPSA) is 58.6 Å². The first-order valence-electron chi connectivity index (χ1n) is 7.79. The third-order valence-electron chi connectivity index (χ3n) is 4.59. The lowest BCUT2D eigenvalue weighted by Crippen LogP contribution is -2.39. The average Bonchev–Trinajstić information content (AvgIpc) is 3.02. The summed E-state index contributed by atoms with van der Waals surface area (Å²) in [5, 5.41) is 2.95. The molecule has 0 radical (unpaired) electrons. The summed E-state index contributed by atoms with van der Waals surface area (Å²) in [5.41, 5.74) is 2.08. The van der Waals surface area contributed by atoms with Gasteiger partial charge in [0, 0.05) is 30.9 Å². The van der Waals surface area contributed by atoms with Gasteiger partial charge in [0.25, 0.3) is 5.91 Å². The summed E-state index contributed by atoms with van der Waals surface area (Å²) in [6.45, 7) is 6.09. The Hall–Kier alpha value is -1.88. The first-order valence-corrected chi connectivity index (χ1v) is 7.79. The van der Waals surface area contributed by atoms with Crippen molar-refractivity contribution in [2.24, 2.45) is 0 Å². The van der Waals surface area contributed by atoms with Crippen molar-refractivity contribution in [3.8, 4) is 0 Å². The zero-order chi connectivity index (χ0) is 15.9. The normalized spacial score (nSPS) is 26.9. The van der Waals surface area contributed by atoms with E-state index in [0.29, 0.717) is 6.61 Å². The summed E-state index contributed by atoms with van der Waals surface area (Å²) >= 11 is 0. The Balaban J connectivity index is 1.79. The van der Waals surface area contributed by atoms with Crippen LogP contribution >= 0.6 is 0 Å². The van der Waals surface area contributed by atoms with Crippen LogP contribution in [-0.2, 0) is 20.7 Å². The highest BCUT2D eigenvalue weighted by atomic mass is 16.5. The summed E-state index contributed by atoms with van der Waals surface area (Å²) in [6.07, 6.45) is 2.48. The van der Waals surface area contributed by atoms with E-state index in [1.54, 1.807) is 6.92 Å². The monoisotopic (exact) mass is 302 g/mol. The Bertz CT molecular complexity index is 620. The number of hydrogen-bond acceptors (Lipinski definition) is 3. The van der Waals surface area contributed by atoms with Gasteiger partial charge in [-0.3, -0.25) is 9.59 Å². The number of amides is 2. The molecule has 5 nitrogen and oxygen atoms in total. The Labute approximate surface area is 130 Å². The molecule has 0 aliphatic carbocycles. The second kappa shape index (κ2) is 5.39. The predicted molar refractivity (Wildman–Crippen MR) is 85.0 cm³/mol. The molecule has 1 fully saturated rings. The van der Waals surface area contributed by atoms with Gasteiger partial charge in [0.05, 0.1) is 0 Å². The highest BCUT2D eigenvalue weighted by molar-refractivity contribution is 5.98. The molecule has 0 unspecified atom stereocenters. The number of ether oxygens (including phenoxy) is 1. The molecule has 3 rings (SSSR count). The molecule has 2 atom stereocenters. The second-order valence-electron chi connectivity index (χ2n) is 6.42. The SMILES string of the molecule is CC(=O)N1c2ccc(NC(=O)[C@]3(C)CCCO3)cc2C[C@H]1C. The van der Waals surface area contributed by atoms with Crippen molar-refractivity contribution in [2.45, 2.75) is 51.7 Å². The number of carbonyl (C=O) groups excluding carboxylic acids is 2. The predicted octanol–water partition coefficient (Wildman–Crippen LogP) is 2.49. The number of rotatable bonds is 2. The lowest BCUT2D eigenvalue weighted by Gasteiger charge is -2.22. The van der Waals surface area contributed by atoms with E-state index in [2.05, 4.69) is 5.32 Å². The van der Waals surface area contributed by atoms with Gasteiger partial charge in [0.2, 0.25) is 5.91 Å². The van der Waals surface area contributed by atoms with Crippen molar-refractivity contribution in [3.05, 3.63) is 23.8 Å². The van der Waals surface area contributed by atoms with Gasteiger partial charge >= 0.3 is 0 Å². The van der Waals surface area contributed by atoms with E-state index in [1.165, 1.54) is 0 Å². The van der Waals surface area contributed by atoms with E-state index in [0.717, 1.165) is 36.2 Å². The van der Waals surface area contributed by atoms with Crippen LogP contribution in [0.3, 0.4) is 0 Å². The van der Waals surface area contributed by atoms with Crippen LogP contribution in [0.1, 0.15) is 39.2 Å². The zero-order valence-electron chi connectivity index (χ0n) is 13.3. The van der Waals surface area contributed by atoms with E-state index >= 15 is 0 Å². The first-order chi connectivity index (χ1) is 10.4. The molecular formula is C17H22N2O3. The molecule has 0 spiro atoms. The van der Waals surface area contributed by atoms with E-state index in [1.807, 2.05) is 36.9 Å². The number of fused-ring (bicyclic) bond motifs is 1. The van der Waals surface area contributed by atoms with Crippen molar-refractivity contribution >= 4 is 23.2 Å². The molecule has 1 aromatic carbocycles. The molecule has 0 saturated carbocycles. The lowest BCUT2D eigenvalue weighted by molar-refractivity contribution is -0.133. The Kier molecular flexibility index (Phi) is 3.68. The van der Waals surface area contributed by atoms with E-state index in [9.17, 15) is 9.59 Å². The molecule has 2 heterocycles. The van der Waals surface area contributed by atoms with Crippen LogP contribution in [0.4, 0.5) is 11.4 Å². The Morgan fingerprint density at radius 1 is 1.41 bits per heavy atom. The number of hydrogen-bond donors (Lipinski definition) is 1. The average molecular weight is 302 g/mol. The lowest BCUT2D eigenvalue weighted by atomic mass is 10.0. The molecule has 2 aliphatic rings. The Morgan fingerprint density at radius 3 is 2.82 bits per heavy atom. The quantitative estimate of drug-likeness (QED) is 0.913. The molecule has 2 amide bonds. The third-order valence-corrected chi connectivity index (χ3v) is 4.59. The van der Waals surface area contributed by atoms with Crippen molar-refractivity contribution in [2.75, 3.05) is 16.8 Å². The van der Waals surface area contributed by atoms with Gasteiger partial charge in [-0.05, 0) is 56.9 Å².